The summed E-state index contributed by atoms with van der Waals surface area (Å²) in [6, 6.07) is 2.89. The highest BCUT2D eigenvalue weighted by Gasteiger charge is 2.27. The van der Waals surface area contributed by atoms with Gasteiger partial charge in [0.25, 0.3) is 0 Å². The lowest BCUT2D eigenvalue weighted by Gasteiger charge is -2.38. The number of thiazole rings is 2. The predicted molar refractivity (Wildman–Crippen MR) is 157 cm³/mol. The van der Waals surface area contributed by atoms with E-state index in [0.29, 0.717) is 0 Å². The Hall–Kier alpha value is -2.82. The maximum absolute atomic E-state index is 12.8. The predicted octanol–water partition coefficient (Wildman–Crippen LogP) is 5.29. The molecule has 196 valence electrons. The van der Waals surface area contributed by atoms with Crippen molar-refractivity contribution in [3.05, 3.63) is 37.1 Å². The topological polar surface area (TPSA) is 85.8 Å². The van der Waals surface area contributed by atoms with Crippen molar-refractivity contribution in [3.8, 4) is 0 Å². The van der Waals surface area contributed by atoms with Gasteiger partial charge in [0.2, 0.25) is 5.91 Å². The fourth-order valence-electron chi connectivity index (χ4n) is 5.28. The fourth-order valence-corrected chi connectivity index (χ4v) is 7.31. The first-order valence-electron chi connectivity index (χ1n) is 13.1. The molecule has 0 spiro atoms. The Balaban J connectivity index is 1.18. The number of hydrogen-bond acceptors (Lipinski definition) is 9. The van der Waals surface area contributed by atoms with Crippen LogP contribution in [0.3, 0.4) is 0 Å². The summed E-state index contributed by atoms with van der Waals surface area (Å²) in [5, 5.41) is 8.35. The summed E-state index contributed by atoms with van der Waals surface area (Å²) < 4.78 is 2.23. The lowest BCUT2D eigenvalue weighted by molar-refractivity contribution is -0.131. The minimum atomic E-state index is 0.151. The standard InChI is InChI=1S/C27H35N7OS2/c1-4-19(28-5-2)10-11-29-26-31-24-18(3)25-22(16-21(24)36-26)37-27(32-25)30-17-23(35)34-14-12-33(13-15-34)20-8-6-7-9-20/h4-5,16,20H,1-2,6-15,17H2,3H3,(H,29,31)(H,30,32). The van der Waals surface area contributed by atoms with E-state index in [9.17, 15) is 4.79 Å². The van der Waals surface area contributed by atoms with E-state index in [4.69, 9.17) is 9.97 Å². The second-order valence-corrected chi connectivity index (χ2v) is 11.7. The molecule has 2 fully saturated rings. The summed E-state index contributed by atoms with van der Waals surface area (Å²) in [6.45, 7) is 14.1. The first-order chi connectivity index (χ1) is 18.1. The summed E-state index contributed by atoms with van der Waals surface area (Å²) in [4.78, 5) is 31.2. The molecule has 3 heterocycles. The van der Waals surface area contributed by atoms with E-state index < -0.39 is 0 Å². The zero-order chi connectivity index (χ0) is 25.8. The van der Waals surface area contributed by atoms with E-state index in [1.807, 2.05) is 4.90 Å². The van der Waals surface area contributed by atoms with Gasteiger partial charge in [0.15, 0.2) is 10.3 Å². The summed E-state index contributed by atoms with van der Waals surface area (Å²) in [5.41, 5.74) is 3.88. The van der Waals surface area contributed by atoms with E-state index in [1.165, 1.54) is 31.9 Å². The van der Waals surface area contributed by atoms with Crippen molar-refractivity contribution in [1.29, 1.82) is 0 Å². The number of piperazine rings is 1. The lowest BCUT2D eigenvalue weighted by Crippen LogP contribution is -2.52. The molecule has 10 heteroatoms. The van der Waals surface area contributed by atoms with Gasteiger partial charge in [-0.05, 0) is 31.9 Å². The first kappa shape index (κ1) is 25.8. The van der Waals surface area contributed by atoms with Gasteiger partial charge in [0.05, 0.1) is 27.0 Å². The molecule has 8 nitrogen and oxygen atoms in total. The van der Waals surface area contributed by atoms with E-state index >= 15 is 0 Å². The number of allylic oxidation sites excluding steroid dienone is 1. The van der Waals surface area contributed by atoms with Gasteiger partial charge in [0.1, 0.15) is 0 Å². The molecule has 2 N–H and O–H groups in total. The van der Waals surface area contributed by atoms with Crippen LogP contribution < -0.4 is 10.6 Å². The van der Waals surface area contributed by atoms with E-state index in [-0.39, 0.29) is 12.5 Å². The van der Waals surface area contributed by atoms with E-state index in [0.717, 1.165) is 87.2 Å². The second kappa shape index (κ2) is 11.7. The molecule has 3 aromatic rings. The third-order valence-corrected chi connectivity index (χ3v) is 9.25. The number of carbonyl (C=O) groups is 1. The SMILES string of the molecule is C=CN=C(C=C)CCNc1nc2c(C)c3nc(NCC(=O)N4CCN(C5CCCC5)CC4)sc3cc2s1. The molecule has 1 saturated heterocycles. The van der Waals surface area contributed by atoms with Gasteiger partial charge >= 0.3 is 0 Å². The van der Waals surface area contributed by atoms with Crippen molar-refractivity contribution in [3.63, 3.8) is 0 Å². The van der Waals surface area contributed by atoms with E-state index in [2.05, 4.69) is 46.7 Å². The van der Waals surface area contributed by atoms with Crippen molar-refractivity contribution in [2.75, 3.05) is 49.9 Å². The van der Waals surface area contributed by atoms with Gasteiger partial charge in [-0.2, -0.15) is 0 Å². The molecule has 1 aromatic carbocycles. The van der Waals surface area contributed by atoms with Crippen LogP contribution in [0.4, 0.5) is 10.3 Å². The summed E-state index contributed by atoms with van der Waals surface area (Å²) in [5.74, 6) is 0.151. The Kier molecular flexibility index (Phi) is 8.17. The molecule has 1 aliphatic heterocycles. The fraction of sp³-hybridized carbons (Fsp3) is 0.481. The second-order valence-electron chi connectivity index (χ2n) is 9.63. The third-order valence-electron chi connectivity index (χ3n) is 7.33. The average molecular weight is 538 g/mol. The maximum Gasteiger partial charge on any atom is 0.242 e. The van der Waals surface area contributed by atoms with Crippen LogP contribution in [0.2, 0.25) is 0 Å². The Morgan fingerprint density at radius 2 is 1.73 bits per heavy atom. The molecule has 0 radical (unpaired) electrons. The van der Waals surface area contributed by atoms with Crippen LogP contribution in [0.1, 0.15) is 37.7 Å². The molecular formula is C27H35N7OS2. The molecule has 0 unspecified atom stereocenters. The number of anilines is 2. The Morgan fingerprint density at radius 3 is 2.35 bits per heavy atom. The molecule has 0 atom stereocenters. The zero-order valence-electron chi connectivity index (χ0n) is 21.5. The first-order valence-corrected chi connectivity index (χ1v) is 14.7. The number of aryl methyl sites for hydroxylation is 1. The number of fused-ring (bicyclic) bond motifs is 2. The molecule has 0 bridgehead atoms. The van der Waals surface area contributed by atoms with Gasteiger partial charge in [-0.25, -0.2) is 9.97 Å². The molecule has 1 saturated carbocycles. The largest absolute Gasteiger partial charge is 0.361 e. The molecule has 2 aromatic heterocycles. The van der Waals surface area contributed by atoms with Crippen molar-refractivity contribution >= 4 is 65.0 Å². The zero-order valence-corrected chi connectivity index (χ0v) is 23.1. The summed E-state index contributed by atoms with van der Waals surface area (Å²) in [6.07, 6.45) is 9.38. The van der Waals surface area contributed by atoms with Gasteiger partial charge in [0, 0.05) is 62.7 Å². The number of aromatic nitrogens is 2. The molecule has 5 rings (SSSR count). The average Bonchev–Trinajstić information content (AvgIpc) is 3.67. The monoisotopic (exact) mass is 537 g/mol. The van der Waals surface area contributed by atoms with Crippen LogP contribution in [0.25, 0.3) is 20.4 Å². The quantitative estimate of drug-likeness (QED) is 0.342. The highest BCUT2D eigenvalue weighted by Crippen LogP contribution is 2.37. The number of hydrogen-bond donors (Lipinski definition) is 2. The van der Waals surface area contributed by atoms with Crippen molar-refractivity contribution in [2.24, 2.45) is 4.99 Å². The van der Waals surface area contributed by atoms with Gasteiger partial charge in [-0.1, -0.05) is 48.7 Å². The number of benzene rings is 1. The Labute approximate surface area is 226 Å². The molecule has 1 aliphatic carbocycles. The van der Waals surface area contributed by atoms with Crippen LogP contribution in [-0.4, -0.2) is 76.7 Å². The van der Waals surface area contributed by atoms with Crippen molar-refractivity contribution < 1.29 is 4.79 Å². The number of aliphatic imine (C=N–C) groups is 1. The number of carbonyl (C=O) groups excluding carboxylic acids is 1. The Morgan fingerprint density at radius 1 is 1.08 bits per heavy atom. The van der Waals surface area contributed by atoms with Crippen LogP contribution in [0.15, 0.2) is 36.5 Å². The molecular weight excluding hydrogens is 502 g/mol. The van der Waals surface area contributed by atoms with Crippen LogP contribution in [0.5, 0.6) is 0 Å². The number of rotatable bonds is 10. The number of amides is 1. The highest BCUT2D eigenvalue weighted by molar-refractivity contribution is 7.24. The van der Waals surface area contributed by atoms with Crippen LogP contribution >= 0.6 is 22.7 Å². The maximum atomic E-state index is 12.8. The van der Waals surface area contributed by atoms with E-state index in [1.54, 1.807) is 28.7 Å². The van der Waals surface area contributed by atoms with Gasteiger partial charge in [-0.15, -0.1) is 0 Å². The van der Waals surface area contributed by atoms with Gasteiger partial charge in [-0.3, -0.25) is 14.7 Å². The molecule has 37 heavy (non-hydrogen) atoms. The van der Waals surface area contributed by atoms with Crippen LogP contribution in [0, 0.1) is 6.92 Å². The van der Waals surface area contributed by atoms with Crippen molar-refractivity contribution in [1.82, 2.24) is 19.8 Å². The lowest BCUT2D eigenvalue weighted by atomic mass is 10.2. The smallest absolute Gasteiger partial charge is 0.242 e. The summed E-state index contributed by atoms with van der Waals surface area (Å²) in [7, 11) is 0. The van der Waals surface area contributed by atoms with Crippen LogP contribution in [-0.2, 0) is 4.79 Å². The number of nitrogens with zero attached hydrogens (tertiary/aromatic N) is 5. The highest BCUT2D eigenvalue weighted by atomic mass is 32.1. The van der Waals surface area contributed by atoms with Gasteiger partial charge < -0.3 is 15.5 Å². The Bertz CT molecular complexity index is 1310. The molecule has 2 aliphatic rings. The minimum absolute atomic E-state index is 0.151. The third kappa shape index (κ3) is 5.86. The number of nitrogens with one attached hydrogen (secondary N) is 2. The minimum Gasteiger partial charge on any atom is -0.361 e. The summed E-state index contributed by atoms with van der Waals surface area (Å²) >= 11 is 3.23. The van der Waals surface area contributed by atoms with Crippen molar-refractivity contribution in [2.45, 2.75) is 45.1 Å². The normalized spacial score (nSPS) is 17.5. The molecule has 1 amide bonds.